The second kappa shape index (κ2) is 2.84. The highest BCUT2D eigenvalue weighted by molar-refractivity contribution is 5.82. The molecule has 0 unspecified atom stereocenters. The highest BCUT2D eigenvalue weighted by Gasteiger charge is 2.15. The number of fused-ring (bicyclic) bond motifs is 3. The van der Waals surface area contributed by atoms with Crippen molar-refractivity contribution in [3.8, 4) is 0 Å². The highest BCUT2D eigenvalue weighted by atomic mass is 14.9. The number of H-pyrrole nitrogens is 1. The van der Waals surface area contributed by atoms with Gasteiger partial charge in [0.1, 0.15) is 5.65 Å². The molecule has 0 saturated heterocycles. The minimum absolute atomic E-state index is 1.07. The van der Waals surface area contributed by atoms with Gasteiger partial charge in [0.05, 0.1) is 0 Å². The largest absolute Gasteiger partial charge is 0.343 e. The highest BCUT2D eigenvalue weighted by Crippen LogP contribution is 2.28. The van der Waals surface area contributed by atoms with Crippen molar-refractivity contribution < 1.29 is 0 Å². The van der Waals surface area contributed by atoms with E-state index in [1.54, 1.807) is 0 Å². The van der Waals surface area contributed by atoms with Crippen molar-refractivity contribution in [3.05, 3.63) is 29.1 Å². The quantitative estimate of drug-likeness (QED) is 0.673. The summed E-state index contributed by atoms with van der Waals surface area (Å²) in [4.78, 5) is 7.86. The van der Waals surface area contributed by atoms with Gasteiger partial charge in [-0.3, -0.25) is 0 Å². The van der Waals surface area contributed by atoms with Gasteiger partial charge in [-0.15, -0.1) is 0 Å². The Morgan fingerprint density at radius 1 is 1.29 bits per heavy atom. The molecule has 0 fully saturated rings. The molecule has 2 nitrogen and oxygen atoms in total. The molecule has 0 spiro atoms. The third kappa shape index (κ3) is 1.07. The van der Waals surface area contributed by atoms with Crippen LogP contribution in [0.1, 0.15) is 29.7 Å². The maximum atomic E-state index is 4.43. The third-order valence-corrected chi connectivity index (χ3v) is 3.09. The van der Waals surface area contributed by atoms with Crippen LogP contribution in [0.3, 0.4) is 0 Å². The number of aromatic amines is 1. The summed E-state index contributed by atoms with van der Waals surface area (Å²) >= 11 is 0. The van der Waals surface area contributed by atoms with E-state index in [-0.39, 0.29) is 0 Å². The van der Waals surface area contributed by atoms with E-state index in [4.69, 9.17) is 0 Å². The summed E-state index contributed by atoms with van der Waals surface area (Å²) in [6.07, 6.45) is 7.00. The molecule has 0 saturated carbocycles. The molecule has 14 heavy (non-hydrogen) atoms. The Hall–Kier alpha value is -1.31. The molecule has 72 valence electrons. The molecule has 1 aliphatic carbocycles. The van der Waals surface area contributed by atoms with Gasteiger partial charge in [0.2, 0.25) is 0 Å². The predicted octanol–water partition coefficient (Wildman–Crippen LogP) is 2.75. The number of hydrogen-bond acceptors (Lipinski definition) is 1. The topological polar surface area (TPSA) is 28.7 Å². The molecular weight excluding hydrogens is 172 g/mol. The SMILES string of the molecule is Cc1cnc2[nH]c3c(c2c1)CCCC3. The number of aryl methyl sites for hydroxylation is 3. The van der Waals surface area contributed by atoms with Crippen LogP contribution in [0.5, 0.6) is 0 Å². The van der Waals surface area contributed by atoms with Crippen LogP contribution in [0.15, 0.2) is 12.3 Å². The van der Waals surface area contributed by atoms with Crippen molar-refractivity contribution in [2.45, 2.75) is 32.6 Å². The maximum absolute atomic E-state index is 4.43. The molecule has 0 bridgehead atoms. The Bertz CT molecular complexity index is 482. The van der Waals surface area contributed by atoms with Crippen LogP contribution in [-0.4, -0.2) is 9.97 Å². The lowest BCUT2D eigenvalue weighted by Crippen LogP contribution is -1.99. The Morgan fingerprint density at radius 3 is 3.07 bits per heavy atom. The average molecular weight is 186 g/mol. The molecule has 2 aromatic rings. The van der Waals surface area contributed by atoms with Crippen molar-refractivity contribution in [1.82, 2.24) is 9.97 Å². The zero-order chi connectivity index (χ0) is 9.54. The molecule has 0 aliphatic heterocycles. The molecule has 0 aromatic carbocycles. The molecule has 2 heteroatoms. The van der Waals surface area contributed by atoms with Crippen LogP contribution >= 0.6 is 0 Å². The van der Waals surface area contributed by atoms with E-state index in [0.29, 0.717) is 0 Å². The van der Waals surface area contributed by atoms with Crippen LogP contribution in [0.2, 0.25) is 0 Å². The monoisotopic (exact) mass is 186 g/mol. The van der Waals surface area contributed by atoms with Crippen molar-refractivity contribution in [2.24, 2.45) is 0 Å². The van der Waals surface area contributed by atoms with E-state index in [9.17, 15) is 0 Å². The zero-order valence-electron chi connectivity index (χ0n) is 8.43. The summed E-state index contributed by atoms with van der Waals surface area (Å²) in [5.74, 6) is 0. The molecule has 0 amide bonds. The molecule has 2 heterocycles. The van der Waals surface area contributed by atoms with Crippen molar-refractivity contribution in [1.29, 1.82) is 0 Å². The third-order valence-electron chi connectivity index (χ3n) is 3.09. The standard InChI is InChI=1S/C12H14N2/c1-8-6-10-9-4-2-3-5-11(9)14-12(10)13-7-8/h6-7H,2-5H2,1H3,(H,13,14). The van der Waals surface area contributed by atoms with E-state index in [0.717, 1.165) is 5.65 Å². The lowest BCUT2D eigenvalue weighted by atomic mass is 9.96. The predicted molar refractivity (Wildman–Crippen MR) is 57.5 cm³/mol. The molecule has 1 aliphatic rings. The fraction of sp³-hybridized carbons (Fsp3) is 0.417. The van der Waals surface area contributed by atoms with Crippen molar-refractivity contribution in [2.75, 3.05) is 0 Å². The molecule has 1 N–H and O–H groups in total. The zero-order valence-corrected chi connectivity index (χ0v) is 8.43. The summed E-state index contributed by atoms with van der Waals surface area (Å²) in [6.45, 7) is 2.11. The first kappa shape index (κ1) is 8.04. The van der Waals surface area contributed by atoms with Gasteiger partial charge < -0.3 is 4.98 Å². The fourth-order valence-electron chi connectivity index (χ4n) is 2.38. The fourth-order valence-corrected chi connectivity index (χ4v) is 2.38. The lowest BCUT2D eigenvalue weighted by molar-refractivity contribution is 0.680. The Balaban J connectivity index is 2.32. The average Bonchev–Trinajstić information content (AvgIpc) is 2.56. The Labute approximate surface area is 83.4 Å². The number of aromatic nitrogens is 2. The first-order chi connectivity index (χ1) is 6.84. The van der Waals surface area contributed by atoms with Gasteiger partial charge in [0, 0.05) is 17.3 Å². The minimum Gasteiger partial charge on any atom is -0.343 e. The minimum atomic E-state index is 1.07. The Morgan fingerprint density at radius 2 is 2.14 bits per heavy atom. The van der Waals surface area contributed by atoms with Crippen molar-refractivity contribution >= 4 is 11.0 Å². The van der Waals surface area contributed by atoms with E-state index in [1.165, 1.54) is 47.9 Å². The molecule has 0 radical (unpaired) electrons. The number of pyridine rings is 1. The molecule has 2 aromatic heterocycles. The summed E-state index contributed by atoms with van der Waals surface area (Å²) in [5.41, 5.74) is 5.26. The van der Waals surface area contributed by atoms with Crippen molar-refractivity contribution in [3.63, 3.8) is 0 Å². The number of hydrogen-bond donors (Lipinski definition) is 1. The van der Waals surface area contributed by atoms with E-state index >= 15 is 0 Å². The van der Waals surface area contributed by atoms with Gasteiger partial charge in [0.25, 0.3) is 0 Å². The van der Waals surface area contributed by atoms with Gasteiger partial charge in [0.15, 0.2) is 0 Å². The second-order valence-corrected chi connectivity index (χ2v) is 4.20. The number of nitrogens with zero attached hydrogens (tertiary/aromatic N) is 1. The van der Waals surface area contributed by atoms with Crippen LogP contribution in [-0.2, 0) is 12.8 Å². The smallest absolute Gasteiger partial charge is 0.137 e. The normalized spacial score (nSPS) is 15.8. The van der Waals surface area contributed by atoms with Crippen LogP contribution < -0.4 is 0 Å². The van der Waals surface area contributed by atoms with E-state index in [1.807, 2.05) is 6.20 Å². The Kier molecular flexibility index (Phi) is 1.63. The first-order valence-electron chi connectivity index (χ1n) is 5.30. The van der Waals surface area contributed by atoms with E-state index < -0.39 is 0 Å². The van der Waals surface area contributed by atoms with Crippen LogP contribution in [0.4, 0.5) is 0 Å². The second-order valence-electron chi connectivity index (χ2n) is 4.20. The molecular formula is C12H14N2. The van der Waals surface area contributed by atoms with Crippen LogP contribution in [0.25, 0.3) is 11.0 Å². The first-order valence-corrected chi connectivity index (χ1v) is 5.30. The summed E-state index contributed by atoms with van der Waals surface area (Å²) < 4.78 is 0. The van der Waals surface area contributed by atoms with Gasteiger partial charge in [-0.05, 0) is 49.8 Å². The van der Waals surface area contributed by atoms with Crippen LogP contribution in [0, 0.1) is 6.92 Å². The summed E-state index contributed by atoms with van der Waals surface area (Å²) in [7, 11) is 0. The van der Waals surface area contributed by atoms with Gasteiger partial charge in [-0.1, -0.05) is 0 Å². The maximum Gasteiger partial charge on any atom is 0.137 e. The lowest BCUT2D eigenvalue weighted by Gasteiger charge is -2.10. The summed E-state index contributed by atoms with van der Waals surface area (Å²) in [5, 5.41) is 1.35. The summed E-state index contributed by atoms with van der Waals surface area (Å²) in [6, 6.07) is 2.25. The number of rotatable bonds is 0. The van der Waals surface area contributed by atoms with E-state index in [2.05, 4.69) is 23.0 Å². The molecule has 3 rings (SSSR count). The van der Waals surface area contributed by atoms with Gasteiger partial charge >= 0.3 is 0 Å². The number of nitrogens with one attached hydrogen (secondary N) is 1. The van der Waals surface area contributed by atoms with Gasteiger partial charge in [-0.2, -0.15) is 0 Å². The van der Waals surface area contributed by atoms with Gasteiger partial charge in [-0.25, -0.2) is 4.98 Å². The molecule has 0 atom stereocenters.